The molecule has 2 heterocycles. The first-order valence-electron chi connectivity index (χ1n) is 8.97. The number of aromatic amines is 1. The van der Waals surface area contributed by atoms with Crippen LogP contribution in [0.3, 0.4) is 0 Å². The molecule has 2 aromatic rings. The average Bonchev–Trinajstić information content (AvgIpc) is 3.08. The summed E-state index contributed by atoms with van der Waals surface area (Å²) < 4.78 is 0. The van der Waals surface area contributed by atoms with Gasteiger partial charge in [-0.1, -0.05) is 11.6 Å². The first kappa shape index (κ1) is 17.5. The SMILES string of the molecule is Cc1cc(C)c2[nH]c(C(=O)N(C[C@H]3CCC(=O)N3)C(C)C)c(C)c2c1. The van der Waals surface area contributed by atoms with E-state index < -0.39 is 0 Å². The molecule has 1 aromatic heterocycles. The Bertz CT molecular complexity index is 835. The zero-order chi connectivity index (χ0) is 18.3. The molecule has 3 rings (SSSR count). The molecule has 134 valence electrons. The lowest BCUT2D eigenvalue weighted by atomic mass is 10.1. The molecule has 1 fully saturated rings. The Hall–Kier alpha value is -2.30. The number of amides is 2. The number of aryl methyl sites for hydroxylation is 3. The molecule has 0 saturated carbocycles. The molecule has 1 saturated heterocycles. The molecule has 1 atom stereocenters. The maximum Gasteiger partial charge on any atom is 0.270 e. The summed E-state index contributed by atoms with van der Waals surface area (Å²) in [6.07, 6.45) is 1.34. The molecule has 2 amide bonds. The van der Waals surface area contributed by atoms with Gasteiger partial charge in [0, 0.05) is 36.0 Å². The third-order valence-electron chi connectivity index (χ3n) is 5.11. The van der Waals surface area contributed by atoms with E-state index in [0.717, 1.165) is 28.5 Å². The van der Waals surface area contributed by atoms with Gasteiger partial charge in [-0.05, 0) is 58.2 Å². The molecule has 1 aliphatic rings. The monoisotopic (exact) mass is 341 g/mol. The predicted molar refractivity (Wildman–Crippen MR) is 99.8 cm³/mol. The van der Waals surface area contributed by atoms with Gasteiger partial charge in [-0.15, -0.1) is 0 Å². The lowest BCUT2D eigenvalue weighted by Gasteiger charge is -2.29. The molecule has 1 aliphatic heterocycles. The number of nitrogens with zero attached hydrogens (tertiary/aromatic N) is 1. The van der Waals surface area contributed by atoms with Crippen molar-refractivity contribution in [3.8, 4) is 0 Å². The van der Waals surface area contributed by atoms with Gasteiger partial charge in [0.25, 0.3) is 5.91 Å². The lowest BCUT2D eigenvalue weighted by molar-refractivity contribution is -0.119. The summed E-state index contributed by atoms with van der Waals surface area (Å²) in [7, 11) is 0. The van der Waals surface area contributed by atoms with Gasteiger partial charge in [-0.25, -0.2) is 0 Å². The summed E-state index contributed by atoms with van der Waals surface area (Å²) in [5.41, 5.74) is 5.02. The molecule has 0 unspecified atom stereocenters. The zero-order valence-corrected chi connectivity index (χ0v) is 15.7. The molecule has 25 heavy (non-hydrogen) atoms. The number of nitrogens with one attached hydrogen (secondary N) is 2. The van der Waals surface area contributed by atoms with Crippen molar-refractivity contribution in [1.29, 1.82) is 0 Å². The molecular weight excluding hydrogens is 314 g/mol. The van der Waals surface area contributed by atoms with E-state index in [-0.39, 0.29) is 23.9 Å². The minimum atomic E-state index is 0.00176. The Morgan fingerprint density at radius 3 is 2.60 bits per heavy atom. The summed E-state index contributed by atoms with van der Waals surface area (Å²) in [4.78, 5) is 29.9. The van der Waals surface area contributed by atoms with Crippen LogP contribution in [0.15, 0.2) is 12.1 Å². The van der Waals surface area contributed by atoms with Crippen molar-refractivity contribution in [2.24, 2.45) is 0 Å². The smallest absolute Gasteiger partial charge is 0.270 e. The first-order chi connectivity index (χ1) is 11.8. The largest absolute Gasteiger partial charge is 0.352 e. The van der Waals surface area contributed by atoms with Crippen LogP contribution in [0.2, 0.25) is 0 Å². The van der Waals surface area contributed by atoms with E-state index in [1.807, 2.05) is 25.7 Å². The van der Waals surface area contributed by atoms with Crippen molar-refractivity contribution < 1.29 is 9.59 Å². The molecule has 5 heteroatoms. The standard InChI is InChI=1S/C20H27N3O2/c1-11(2)23(10-15-6-7-17(24)21-15)20(25)19-14(5)16-9-12(3)8-13(4)18(16)22-19/h8-9,11,15,22H,6-7,10H2,1-5H3,(H,21,24)/t15-/m1/s1. The van der Waals surface area contributed by atoms with E-state index in [4.69, 9.17) is 0 Å². The van der Waals surface area contributed by atoms with Crippen molar-refractivity contribution in [2.45, 2.75) is 59.5 Å². The van der Waals surface area contributed by atoms with Crippen molar-refractivity contribution in [3.05, 3.63) is 34.5 Å². The summed E-state index contributed by atoms with van der Waals surface area (Å²) >= 11 is 0. The number of hydrogen-bond donors (Lipinski definition) is 2. The van der Waals surface area contributed by atoms with E-state index in [0.29, 0.717) is 18.7 Å². The Morgan fingerprint density at radius 1 is 1.28 bits per heavy atom. The summed E-state index contributed by atoms with van der Waals surface area (Å²) in [6.45, 7) is 10.7. The Balaban J connectivity index is 1.94. The number of aromatic nitrogens is 1. The summed E-state index contributed by atoms with van der Waals surface area (Å²) in [5.74, 6) is 0.0796. The minimum Gasteiger partial charge on any atom is -0.352 e. The van der Waals surface area contributed by atoms with Crippen molar-refractivity contribution in [2.75, 3.05) is 6.54 Å². The van der Waals surface area contributed by atoms with Crippen LogP contribution < -0.4 is 5.32 Å². The highest BCUT2D eigenvalue weighted by Gasteiger charge is 2.29. The third kappa shape index (κ3) is 3.28. The molecule has 5 nitrogen and oxygen atoms in total. The first-order valence-corrected chi connectivity index (χ1v) is 8.97. The number of benzene rings is 1. The minimum absolute atomic E-state index is 0.00176. The zero-order valence-electron chi connectivity index (χ0n) is 15.7. The second-order valence-corrected chi connectivity index (χ2v) is 7.48. The van der Waals surface area contributed by atoms with Crippen LogP contribution in [0.25, 0.3) is 10.9 Å². The van der Waals surface area contributed by atoms with Gasteiger partial charge in [0.05, 0.1) is 0 Å². The molecule has 0 spiro atoms. The van der Waals surface area contributed by atoms with Gasteiger partial charge in [0.1, 0.15) is 5.69 Å². The highest BCUT2D eigenvalue weighted by Crippen LogP contribution is 2.27. The lowest BCUT2D eigenvalue weighted by Crippen LogP contribution is -2.45. The van der Waals surface area contributed by atoms with Gasteiger partial charge >= 0.3 is 0 Å². The molecule has 0 aliphatic carbocycles. The average molecular weight is 341 g/mol. The Labute approximate surface area is 148 Å². The fourth-order valence-electron chi connectivity index (χ4n) is 3.72. The molecule has 0 bridgehead atoms. The van der Waals surface area contributed by atoms with Crippen LogP contribution >= 0.6 is 0 Å². The van der Waals surface area contributed by atoms with Gasteiger partial charge < -0.3 is 15.2 Å². The predicted octanol–water partition coefficient (Wildman–Crippen LogP) is 3.22. The van der Waals surface area contributed by atoms with Crippen LogP contribution in [0.4, 0.5) is 0 Å². The van der Waals surface area contributed by atoms with E-state index in [1.165, 1.54) is 5.56 Å². The van der Waals surface area contributed by atoms with E-state index in [9.17, 15) is 9.59 Å². The second kappa shape index (κ2) is 6.54. The van der Waals surface area contributed by atoms with Crippen LogP contribution in [0.1, 0.15) is 53.9 Å². The summed E-state index contributed by atoms with van der Waals surface area (Å²) in [6, 6.07) is 4.37. The van der Waals surface area contributed by atoms with Crippen molar-refractivity contribution in [1.82, 2.24) is 15.2 Å². The van der Waals surface area contributed by atoms with Crippen LogP contribution in [-0.4, -0.2) is 40.3 Å². The number of rotatable bonds is 4. The van der Waals surface area contributed by atoms with Gasteiger partial charge in [0.15, 0.2) is 0 Å². The van der Waals surface area contributed by atoms with Crippen LogP contribution in [0, 0.1) is 20.8 Å². The highest BCUT2D eigenvalue weighted by molar-refractivity contribution is 6.02. The second-order valence-electron chi connectivity index (χ2n) is 7.48. The Morgan fingerprint density at radius 2 is 2.00 bits per heavy atom. The Kier molecular flexibility index (Phi) is 4.58. The fraction of sp³-hybridized carbons (Fsp3) is 0.500. The fourth-order valence-corrected chi connectivity index (χ4v) is 3.72. The number of fused-ring (bicyclic) bond motifs is 1. The van der Waals surface area contributed by atoms with Crippen molar-refractivity contribution in [3.63, 3.8) is 0 Å². The molecular formula is C20H27N3O2. The molecule has 0 radical (unpaired) electrons. The quantitative estimate of drug-likeness (QED) is 0.897. The maximum absolute atomic E-state index is 13.2. The van der Waals surface area contributed by atoms with Gasteiger partial charge in [0.2, 0.25) is 5.91 Å². The van der Waals surface area contributed by atoms with Crippen LogP contribution in [-0.2, 0) is 4.79 Å². The highest BCUT2D eigenvalue weighted by atomic mass is 16.2. The summed E-state index contributed by atoms with van der Waals surface area (Å²) in [5, 5.41) is 4.07. The van der Waals surface area contributed by atoms with E-state index in [1.54, 1.807) is 0 Å². The number of carbonyl (C=O) groups excluding carboxylic acids is 2. The van der Waals surface area contributed by atoms with E-state index >= 15 is 0 Å². The number of H-pyrrole nitrogens is 1. The number of carbonyl (C=O) groups is 2. The normalized spacial score (nSPS) is 17.4. The van der Waals surface area contributed by atoms with Crippen LogP contribution in [0.5, 0.6) is 0 Å². The molecule has 1 aromatic carbocycles. The van der Waals surface area contributed by atoms with Crippen molar-refractivity contribution >= 4 is 22.7 Å². The maximum atomic E-state index is 13.2. The molecule has 2 N–H and O–H groups in total. The van der Waals surface area contributed by atoms with E-state index in [2.05, 4.69) is 36.3 Å². The van der Waals surface area contributed by atoms with Gasteiger partial charge in [-0.2, -0.15) is 0 Å². The third-order valence-corrected chi connectivity index (χ3v) is 5.11. The van der Waals surface area contributed by atoms with Gasteiger partial charge in [-0.3, -0.25) is 9.59 Å². The number of hydrogen-bond acceptors (Lipinski definition) is 2. The topological polar surface area (TPSA) is 65.2 Å².